The van der Waals surface area contributed by atoms with Crippen LogP contribution in [0, 0.1) is 19.8 Å². The van der Waals surface area contributed by atoms with Gasteiger partial charge >= 0.3 is 0 Å². The predicted octanol–water partition coefficient (Wildman–Crippen LogP) is 5.77. The second-order valence-electron chi connectivity index (χ2n) is 9.51. The van der Waals surface area contributed by atoms with Crippen molar-refractivity contribution >= 4 is 42.6 Å². The third-order valence-electron chi connectivity index (χ3n) is 6.66. The SMILES string of the molecule is Cc1cc(C)c2sc(N(Cc3ccco3)C(=O)c3ccc(S(=O)(=O)N4CCC(C)CC4)cc3)nc2c1. The highest BCUT2D eigenvalue weighted by atomic mass is 32.2. The Hall–Kier alpha value is -3.01. The van der Waals surface area contributed by atoms with Gasteiger partial charge in [-0.05, 0) is 86.2 Å². The molecule has 188 valence electrons. The first-order valence-electron chi connectivity index (χ1n) is 12.0. The summed E-state index contributed by atoms with van der Waals surface area (Å²) in [5.41, 5.74) is 3.46. The predicted molar refractivity (Wildman–Crippen MR) is 142 cm³/mol. The van der Waals surface area contributed by atoms with Crippen LogP contribution >= 0.6 is 11.3 Å². The lowest BCUT2D eigenvalue weighted by molar-refractivity contribution is 0.0983. The number of fused-ring (bicyclic) bond motifs is 1. The van der Waals surface area contributed by atoms with Gasteiger partial charge in [-0.2, -0.15) is 4.31 Å². The minimum absolute atomic E-state index is 0.206. The Labute approximate surface area is 215 Å². The average molecular weight is 524 g/mol. The van der Waals surface area contributed by atoms with Gasteiger partial charge in [0.1, 0.15) is 5.76 Å². The number of carbonyl (C=O) groups is 1. The van der Waals surface area contributed by atoms with E-state index in [4.69, 9.17) is 9.40 Å². The zero-order valence-electron chi connectivity index (χ0n) is 20.6. The Morgan fingerprint density at radius 2 is 1.86 bits per heavy atom. The molecular formula is C27H29N3O4S2. The van der Waals surface area contributed by atoms with Crippen molar-refractivity contribution in [1.29, 1.82) is 0 Å². The van der Waals surface area contributed by atoms with Crippen molar-refractivity contribution in [2.45, 2.75) is 45.1 Å². The summed E-state index contributed by atoms with van der Waals surface area (Å²) in [6.45, 7) is 7.48. The number of hydrogen-bond donors (Lipinski definition) is 0. The molecule has 1 aliphatic heterocycles. The van der Waals surface area contributed by atoms with Gasteiger partial charge in [-0.3, -0.25) is 9.69 Å². The summed E-state index contributed by atoms with van der Waals surface area (Å²) in [5, 5.41) is 0.569. The lowest BCUT2D eigenvalue weighted by Gasteiger charge is -2.29. The number of thiazole rings is 1. The minimum atomic E-state index is -3.58. The number of piperidine rings is 1. The molecule has 3 heterocycles. The molecule has 0 aliphatic carbocycles. The normalized spacial score (nSPS) is 15.4. The van der Waals surface area contributed by atoms with Crippen molar-refractivity contribution in [2.75, 3.05) is 18.0 Å². The number of anilines is 1. The number of aryl methyl sites for hydroxylation is 2. The fourth-order valence-electron chi connectivity index (χ4n) is 4.56. The lowest BCUT2D eigenvalue weighted by atomic mass is 10.0. The molecule has 2 aromatic heterocycles. The fraction of sp³-hybridized carbons (Fsp3) is 0.333. The minimum Gasteiger partial charge on any atom is -0.467 e. The van der Waals surface area contributed by atoms with Gasteiger partial charge in [-0.25, -0.2) is 13.4 Å². The van der Waals surface area contributed by atoms with Gasteiger partial charge < -0.3 is 4.42 Å². The summed E-state index contributed by atoms with van der Waals surface area (Å²) >= 11 is 1.46. The zero-order valence-corrected chi connectivity index (χ0v) is 22.2. The highest BCUT2D eigenvalue weighted by Gasteiger charge is 2.29. The Kier molecular flexibility index (Phi) is 6.72. The Morgan fingerprint density at radius 1 is 1.14 bits per heavy atom. The molecule has 0 saturated carbocycles. The highest BCUT2D eigenvalue weighted by molar-refractivity contribution is 7.89. The largest absolute Gasteiger partial charge is 0.467 e. The van der Waals surface area contributed by atoms with E-state index in [-0.39, 0.29) is 17.3 Å². The molecule has 9 heteroatoms. The van der Waals surface area contributed by atoms with E-state index in [1.807, 2.05) is 26.0 Å². The molecule has 7 nitrogen and oxygen atoms in total. The molecule has 5 rings (SSSR count). The molecule has 0 bridgehead atoms. The van der Waals surface area contributed by atoms with Gasteiger partial charge in [-0.1, -0.05) is 24.3 Å². The Balaban J connectivity index is 1.46. The number of nitrogens with zero attached hydrogens (tertiary/aromatic N) is 3. The number of hydrogen-bond acceptors (Lipinski definition) is 6. The summed E-state index contributed by atoms with van der Waals surface area (Å²) in [4.78, 5) is 20.3. The van der Waals surface area contributed by atoms with Crippen molar-refractivity contribution in [2.24, 2.45) is 5.92 Å². The summed E-state index contributed by atoms with van der Waals surface area (Å²) in [6, 6.07) is 13.9. The quantitative estimate of drug-likeness (QED) is 0.320. The summed E-state index contributed by atoms with van der Waals surface area (Å²) in [5.74, 6) is 0.899. The number of furan rings is 1. The molecular weight excluding hydrogens is 494 g/mol. The number of benzene rings is 2. The fourth-order valence-corrected chi connectivity index (χ4v) is 7.05. The van der Waals surface area contributed by atoms with Crippen LogP contribution in [0.3, 0.4) is 0 Å². The maximum atomic E-state index is 13.7. The van der Waals surface area contributed by atoms with Crippen LogP contribution in [0.5, 0.6) is 0 Å². The molecule has 0 spiro atoms. The van der Waals surface area contributed by atoms with Gasteiger partial charge in [0.2, 0.25) is 10.0 Å². The number of carbonyl (C=O) groups excluding carboxylic acids is 1. The number of sulfonamides is 1. The van der Waals surface area contributed by atoms with E-state index in [9.17, 15) is 13.2 Å². The van der Waals surface area contributed by atoms with E-state index in [1.54, 1.807) is 33.7 Å². The molecule has 1 fully saturated rings. The topological polar surface area (TPSA) is 83.7 Å². The molecule has 1 amide bonds. The molecule has 0 radical (unpaired) electrons. The summed E-state index contributed by atoms with van der Waals surface area (Å²) < 4.78 is 34.3. The van der Waals surface area contributed by atoms with Crippen LogP contribution < -0.4 is 4.90 Å². The average Bonchev–Trinajstić information content (AvgIpc) is 3.52. The van der Waals surface area contributed by atoms with Crippen LogP contribution in [0.4, 0.5) is 5.13 Å². The van der Waals surface area contributed by atoms with E-state index >= 15 is 0 Å². The zero-order chi connectivity index (χ0) is 25.4. The van der Waals surface area contributed by atoms with E-state index in [0.717, 1.165) is 34.2 Å². The third kappa shape index (κ3) is 4.83. The van der Waals surface area contributed by atoms with E-state index in [1.165, 1.54) is 23.5 Å². The van der Waals surface area contributed by atoms with Crippen LogP contribution in [0.25, 0.3) is 10.2 Å². The van der Waals surface area contributed by atoms with Gasteiger partial charge in [-0.15, -0.1) is 0 Å². The van der Waals surface area contributed by atoms with Crippen molar-refractivity contribution < 1.29 is 17.6 Å². The first-order valence-corrected chi connectivity index (χ1v) is 14.3. The van der Waals surface area contributed by atoms with Crippen LogP contribution in [-0.4, -0.2) is 36.7 Å². The maximum Gasteiger partial charge on any atom is 0.260 e. The highest BCUT2D eigenvalue weighted by Crippen LogP contribution is 2.34. The van der Waals surface area contributed by atoms with Crippen LogP contribution in [0.15, 0.2) is 64.1 Å². The monoisotopic (exact) mass is 523 g/mol. The molecule has 1 saturated heterocycles. The first-order chi connectivity index (χ1) is 17.2. The molecule has 4 aromatic rings. The van der Waals surface area contributed by atoms with Crippen LogP contribution in [0.2, 0.25) is 0 Å². The molecule has 2 aromatic carbocycles. The number of aromatic nitrogens is 1. The van der Waals surface area contributed by atoms with E-state index in [2.05, 4.69) is 13.0 Å². The summed E-state index contributed by atoms with van der Waals surface area (Å²) in [6.07, 6.45) is 3.29. The second kappa shape index (κ2) is 9.80. The molecule has 0 unspecified atom stereocenters. The molecule has 0 atom stereocenters. The Bertz CT molecular complexity index is 1480. The van der Waals surface area contributed by atoms with Gasteiger partial charge in [0, 0.05) is 18.7 Å². The van der Waals surface area contributed by atoms with Crippen molar-refractivity contribution in [1.82, 2.24) is 9.29 Å². The van der Waals surface area contributed by atoms with Gasteiger partial charge in [0.05, 0.1) is 27.9 Å². The van der Waals surface area contributed by atoms with E-state index in [0.29, 0.717) is 35.5 Å². The smallest absolute Gasteiger partial charge is 0.260 e. The third-order valence-corrected chi connectivity index (χ3v) is 9.80. The number of rotatable bonds is 6. The van der Waals surface area contributed by atoms with E-state index < -0.39 is 10.0 Å². The van der Waals surface area contributed by atoms with Crippen molar-refractivity contribution in [3.8, 4) is 0 Å². The Morgan fingerprint density at radius 3 is 2.53 bits per heavy atom. The van der Waals surface area contributed by atoms with Gasteiger partial charge in [0.25, 0.3) is 5.91 Å². The molecule has 1 aliphatic rings. The van der Waals surface area contributed by atoms with Crippen LogP contribution in [0.1, 0.15) is 47.0 Å². The summed E-state index contributed by atoms with van der Waals surface area (Å²) in [7, 11) is -3.58. The van der Waals surface area contributed by atoms with Crippen molar-refractivity contribution in [3.63, 3.8) is 0 Å². The number of amides is 1. The standard InChI is InChI=1S/C27H29N3O4S2/c1-18-10-12-29(13-11-18)36(32,33)23-8-6-21(7-9-23)26(31)30(17-22-5-4-14-34-22)27-28-24-16-19(2)15-20(3)25(24)35-27/h4-9,14-16,18H,10-13,17H2,1-3H3. The first kappa shape index (κ1) is 24.7. The lowest BCUT2D eigenvalue weighted by Crippen LogP contribution is -2.37. The second-order valence-corrected chi connectivity index (χ2v) is 12.4. The van der Waals surface area contributed by atoms with Gasteiger partial charge in [0.15, 0.2) is 5.13 Å². The molecule has 36 heavy (non-hydrogen) atoms. The maximum absolute atomic E-state index is 13.7. The molecule has 0 N–H and O–H groups in total. The van der Waals surface area contributed by atoms with Crippen molar-refractivity contribution in [3.05, 3.63) is 77.2 Å². The van der Waals surface area contributed by atoms with Crippen LogP contribution in [-0.2, 0) is 16.6 Å².